The summed E-state index contributed by atoms with van der Waals surface area (Å²) in [5, 5.41) is 8.90. The van der Waals surface area contributed by atoms with Crippen LogP contribution in [-0.4, -0.2) is 9.55 Å². The first-order chi connectivity index (χ1) is 10.1. The molecule has 0 radical (unpaired) electrons. The molecule has 2 aromatic heterocycles. The number of nitriles is 1. The summed E-state index contributed by atoms with van der Waals surface area (Å²) >= 11 is 11.4. The maximum absolute atomic E-state index is 9.09. The monoisotopic (exact) mass is 379 g/mol. The van der Waals surface area contributed by atoms with E-state index in [4.69, 9.17) is 16.9 Å². The van der Waals surface area contributed by atoms with Gasteiger partial charge in [-0.1, -0.05) is 0 Å². The second kappa shape index (κ2) is 5.80. The molecule has 1 unspecified atom stereocenters. The molecule has 0 amide bonds. The van der Waals surface area contributed by atoms with Gasteiger partial charge in [-0.25, -0.2) is 4.98 Å². The van der Waals surface area contributed by atoms with Gasteiger partial charge in [0, 0.05) is 4.88 Å². The van der Waals surface area contributed by atoms with Gasteiger partial charge in [-0.3, -0.25) is 0 Å². The molecular formula is C15H11BrClN3S. The number of benzene rings is 1. The molecule has 0 aliphatic rings. The number of aromatic nitrogens is 2. The van der Waals surface area contributed by atoms with Crippen molar-refractivity contribution < 1.29 is 0 Å². The number of alkyl halides is 1. The van der Waals surface area contributed by atoms with E-state index >= 15 is 0 Å². The lowest BCUT2D eigenvalue weighted by Crippen LogP contribution is -2.04. The standard InChI is InChI=1S/C15H11BrClN3S/c1-9(17)15-19-12-4-2-10(7-18)6-13(12)20(15)8-11-3-5-14(16)21-11/h2-6,9H,8H2,1H3. The summed E-state index contributed by atoms with van der Waals surface area (Å²) in [6.45, 7) is 2.61. The lowest BCUT2D eigenvalue weighted by atomic mass is 10.2. The first-order valence-corrected chi connectivity index (χ1v) is 8.41. The molecule has 0 N–H and O–H groups in total. The number of halogens is 2. The van der Waals surface area contributed by atoms with Gasteiger partial charge in [0.2, 0.25) is 0 Å². The molecule has 0 aliphatic heterocycles. The second-order valence-corrected chi connectivity index (χ2v) is 7.90. The highest BCUT2D eigenvalue weighted by molar-refractivity contribution is 9.11. The molecule has 3 aromatic rings. The lowest BCUT2D eigenvalue weighted by molar-refractivity contribution is 0.750. The number of imidazole rings is 1. The molecule has 6 heteroatoms. The highest BCUT2D eigenvalue weighted by Gasteiger charge is 2.16. The van der Waals surface area contributed by atoms with Gasteiger partial charge in [0.05, 0.1) is 38.4 Å². The quantitative estimate of drug-likeness (QED) is 0.595. The van der Waals surface area contributed by atoms with E-state index in [-0.39, 0.29) is 5.38 Å². The number of rotatable bonds is 3. The predicted molar refractivity (Wildman–Crippen MR) is 89.8 cm³/mol. The van der Waals surface area contributed by atoms with E-state index in [0.29, 0.717) is 12.1 Å². The van der Waals surface area contributed by atoms with E-state index in [1.54, 1.807) is 17.4 Å². The van der Waals surface area contributed by atoms with E-state index in [0.717, 1.165) is 20.6 Å². The normalized spacial score (nSPS) is 12.5. The van der Waals surface area contributed by atoms with Crippen LogP contribution in [0.2, 0.25) is 0 Å². The van der Waals surface area contributed by atoms with E-state index < -0.39 is 0 Å². The van der Waals surface area contributed by atoms with Gasteiger partial charge < -0.3 is 4.57 Å². The number of thiophene rings is 1. The summed E-state index contributed by atoms with van der Waals surface area (Å²) in [5.74, 6) is 0.825. The summed E-state index contributed by atoms with van der Waals surface area (Å²) in [6, 6.07) is 11.8. The fourth-order valence-corrected chi connectivity index (χ4v) is 3.91. The molecule has 2 heterocycles. The highest BCUT2D eigenvalue weighted by Crippen LogP contribution is 2.29. The Bertz CT molecular complexity index is 844. The fraction of sp³-hybridized carbons (Fsp3) is 0.200. The molecule has 3 rings (SSSR count). The Morgan fingerprint density at radius 2 is 2.24 bits per heavy atom. The highest BCUT2D eigenvalue weighted by atomic mass is 79.9. The predicted octanol–water partition coefficient (Wildman–Crippen LogP) is 5.08. The Labute approximate surface area is 139 Å². The van der Waals surface area contributed by atoms with Crippen LogP contribution in [0, 0.1) is 11.3 Å². The maximum atomic E-state index is 9.09. The third-order valence-electron chi connectivity index (χ3n) is 3.21. The van der Waals surface area contributed by atoms with Crippen LogP contribution in [0.15, 0.2) is 34.1 Å². The molecule has 106 valence electrons. The zero-order chi connectivity index (χ0) is 15.0. The molecule has 0 aliphatic carbocycles. The lowest BCUT2D eigenvalue weighted by Gasteiger charge is -2.09. The smallest absolute Gasteiger partial charge is 0.128 e. The summed E-state index contributed by atoms with van der Waals surface area (Å²) in [5.41, 5.74) is 2.44. The molecule has 0 saturated heterocycles. The molecule has 21 heavy (non-hydrogen) atoms. The molecule has 1 aromatic carbocycles. The van der Waals surface area contributed by atoms with Gasteiger partial charge >= 0.3 is 0 Å². The molecule has 3 nitrogen and oxygen atoms in total. The van der Waals surface area contributed by atoms with Crippen molar-refractivity contribution in [3.8, 4) is 6.07 Å². The van der Waals surface area contributed by atoms with Gasteiger partial charge in [0.15, 0.2) is 0 Å². The van der Waals surface area contributed by atoms with E-state index in [2.05, 4.69) is 37.6 Å². The van der Waals surface area contributed by atoms with Gasteiger partial charge in [0.25, 0.3) is 0 Å². The summed E-state index contributed by atoms with van der Waals surface area (Å²) < 4.78 is 3.19. The van der Waals surface area contributed by atoms with E-state index in [1.807, 2.05) is 25.1 Å². The summed E-state index contributed by atoms with van der Waals surface area (Å²) in [7, 11) is 0. The zero-order valence-corrected chi connectivity index (χ0v) is 14.3. The molecule has 0 saturated carbocycles. The Kier molecular flexibility index (Phi) is 4.03. The van der Waals surface area contributed by atoms with Crippen LogP contribution in [0.1, 0.15) is 28.6 Å². The van der Waals surface area contributed by atoms with Crippen molar-refractivity contribution in [3.05, 3.63) is 50.4 Å². The maximum Gasteiger partial charge on any atom is 0.128 e. The minimum absolute atomic E-state index is 0.189. The number of hydrogen-bond acceptors (Lipinski definition) is 3. The van der Waals surface area contributed by atoms with Crippen molar-refractivity contribution in [3.63, 3.8) is 0 Å². The van der Waals surface area contributed by atoms with Crippen molar-refractivity contribution >= 4 is 49.9 Å². The van der Waals surface area contributed by atoms with Crippen LogP contribution in [0.3, 0.4) is 0 Å². The van der Waals surface area contributed by atoms with E-state index in [9.17, 15) is 0 Å². The van der Waals surface area contributed by atoms with E-state index in [1.165, 1.54) is 4.88 Å². The Hall–Kier alpha value is -1.35. The first kappa shape index (κ1) is 14.6. The zero-order valence-electron chi connectivity index (χ0n) is 11.2. The Morgan fingerprint density at radius 1 is 1.43 bits per heavy atom. The molecular weight excluding hydrogens is 370 g/mol. The summed E-state index contributed by atoms with van der Waals surface area (Å²) in [4.78, 5) is 5.82. The van der Waals surface area contributed by atoms with Crippen LogP contribution in [0.4, 0.5) is 0 Å². The Balaban J connectivity index is 2.17. The van der Waals surface area contributed by atoms with Crippen molar-refractivity contribution in [1.29, 1.82) is 5.26 Å². The minimum atomic E-state index is -0.189. The largest absolute Gasteiger partial charge is 0.321 e. The third kappa shape index (κ3) is 2.84. The van der Waals surface area contributed by atoms with Crippen molar-refractivity contribution in [2.75, 3.05) is 0 Å². The van der Waals surface area contributed by atoms with Crippen molar-refractivity contribution in [2.45, 2.75) is 18.8 Å². The van der Waals surface area contributed by atoms with Crippen molar-refractivity contribution in [2.24, 2.45) is 0 Å². The van der Waals surface area contributed by atoms with Crippen LogP contribution in [0.5, 0.6) is 0 Å². The Morgan fingerprint density at radius 3 is 2.86 bits per heavy atom. The van der Waals surface area contributed by atoms with Gasteiger partial charge in [0.1, 0.15) is 5.82 Å². The third-order valence-corrected chi connectivity index (χ3v) is 5.01. The molecule has 0 bridgehead atoms. The first-order valence-electron chi connectivity index (χ1n) is 6.37. The van der Waals surface area contributed by atoms with Gasteiger partial charge in [-0.05, 0) is 53.2 Å². The van der Waals surface area contributed by atoms with Gasteiger partial charge in [-0.15, -0.1) is 22.9 Å². The number of nitrogens with zero attached hydrogens (tertiary/aromatic N) is 3. The van der Waals surface area contributed by atoms with Gasteiger partial charge in [-0.2, -0.15) is 5.26 Å². The second-order valence-electron chi connectivity index (χ2n) is 4.69. The van der Waals surface area contributed by atoms with Crippen LogP contribution >= 0.6 is 38.9 Å². The average molecular weight is 381 g/mol. The van der Waals surface area contributed by atoms with Crippen LogP contribution < -0.4 is 0 Å². The van der Waals surface area contributed by atoms with Crippen molar-refractivity contribution in [1.82, 2.24) is 9.55 Å². The molecule has 0 fully saturated rings. The fourth-order valence-electron chi connectivity index (χ4n) is 2.27. The number of hydrogen-bond donors (Lipinski definition) is 0. The average Bonchev–Trinajstić information content (AvgIpc) is 3.03. The minimum Gasteiger partial charge on any atom is -0.321 e. The molecule has 1 atom stereocenters. The summed E-state index contributed by atoms with van der Waals surface area (Å²) in [6.07, 6.45) is 0. The van der Waals surface area contributed by atoms with Crippen LogP contribution in [0.25, 0.3) is 11.0 Å². The van der Waals surface area contributed by atoms with Crippen LogP contribution in [-0.2, 0) is 6.54 Å². The SMILES string of the molecule is CC(Cl)c1nc2ccc(C#N)cc2n1Cc1ccc(Br)s1. The number of fused-ring (bicyclic) bond motifs is 1. The molecule has 0 spiro atoms. The topological polar surface area (TPSA) is 41.6 Å².